The zero-order valence-corrected chi connectivity index (χ0v) is 11.3. The lowest BCUT2D eigenvalue weighted by Crippen LogP contribution is -2.13. The van der Waals surface area contributed by atoms with Gasteiger partial charge in [0.25, 0.3) is 5.91 Å². The molecule has 0 saturated heterocycles. The molecular weight excluding hydrogens is 266 g/mol. The molecule has 2 aromatic rings. The van der Waals surface area contributed by atoms with Crippen LogP contribution in [0.1, 0.15) is 17.7 Å². The van der Waals surface area contributed by atoms with Gasteiger partial charge < -0.3 is 10.1 Å². The van der Waals surface area contributed by atoms with Crippen LogP contribution >= 0.6 is 0 Å². The Balaban J connectivity index is 1.72. The number of H-pyrrole nitrogens is 1. The summed E-state index contributed by atoms with van der Waals surface area (Å²) in [6.45, 7) is 0. The van der Waals surface area contributed by atoms with Crippen molar-refractivity contribution in [1.29, 1.82) is 0 Å². The van der Waals surface area contributed by atoms with Crippen LogP contribution in [0.15, 0.2) is 53.3 Å². The molecule has 0 fully saturated rings. The fourth-order valence-corrected chi connectivity index (χ4v) is 2.22. The van der Waals surface area contributed by atoms with E-state index < -0.39 is 0 Å². The van der Waals surface area contributed by atoms with Crippen molar-refractivity contribution in [1.82, 2.24) is 10.4 Å². The first kappa shape index (κ1) is 13.2. The van der Waals surface area contributed by atoms with Crippen molar-refractivity contribution >= 4 is 17.7 Å². The van der Waals surface area contributed by atoms with Gasteiger partial charge in [-0.15, -0.1) is 0 Å². The Hall–Kier alpha value is -2.82. The Morgan fingerprint density at radius 1 is 1.14 bits per heavy atom. The standard InChI is InChI=1S/C16H15N3O2/c20-13-6-3-11(4-7-13)5-8-15-14(16(21)19-18-15)10-12-2-1-9-17-12/h1-4,6-7,9-10,17,20H,5,8H2,(H,19,21). The van der Waals surface area contributed by atoms with Crippen molar-refractivity contribution in [3.63, 3.8) is 0 Å². The monoisotopic (exact) mass is 281 g/mol. The van der Waals surface area contributed by atoms with Gasteiger partial charge in [0.15, 0.2) is 0 Å². The Morgan fingerprint density at radius 2 is 1.95 bits per heavy atom. The maximum absolute atomic E-state index is 11.8. The number of rotatable bonds is 4. The second-order valence-corrected chi connectivity index (χ2v) is 4.85. The van der Waals surface area contributed by atoms with Crippen molar-refractivity contribution in [2.45, 2.75) is 12.8 Å². The second-order valence-electron chi connectivity index (χ2n) is 4.85. The Labute approximate surface area is 122 Å². The van der Waals surface area contributed by atoms with Crippen molar-refractivity contribution in [2.75, 3.05) is 0 Å². The largest absolute Gasteiger partial charge is 0.508 e. The van der Waals surface area contributed by atoms with Crippen LogP contribution in [-0.2, 0) is 11.2 Å². The van der Waals surface area contributed by atoms with Crippen LogP contribution in [-0.4, -0.2) is 21.7 Å². The molecule has 0 saturated carbocycles. The zero-order valence-electron chi connectivity index (χ0n) is 11.3. The van der Waals surface area contributed by atoms with E-state index in [-0.39, 0.29) is 11.7 Å². The number of carbonyl (C=O) groups is 1. The molecule has 0 aliphatic carbocycles. The van der Waals surface area contributed by atoms with Crippen LogP contribution in [0.2, 0.25) is 0 Å². The number of benzene rings is 1. The molecule has 0 spiro atoms. The van der Waals surface area contributed by atoms with Crippen molar-refractivity contribution in [2.24, 2.45) is 5.10 Å². The third-order valence-electron chi connectivity index (χ3n) is 3.36. The molecule has 0 atom stereocenters. The van der Waals surface area contributed by atoms with E-state index in [1.807, 2.05) is 30.5 Å². The van der Waals surface area contributed by atoms with E-state index in [2.05, 4.69) is 15.5 Å². The number of aromatic amines is 1. The maximum atomic E-state index is 11.8. The number of phenols is 1. The van der Waals surface area contributed by atoms with Gasteiger partial charge in [0.1, 0.15) is 5.75 Å². The van der Waals surface area contributed by atoms with Gasteiger partial charge >= 0.3 is 0 Å². The zero-order chi connectivity index (χ0) is 14.7. The van der Waals surface area contributed by atoms with E-state index >= 15 is 0 Å². The van der Waals surface area contributed by atoms with Crippen LogP contribution < -0.4 is 5.43 Å². The maximum Gasteiger partial charge on any atom is 0.273 e. The number of hydrazone groups is 1. The fraction of sp³-hybridized carbons (Fsp3) is 0.125. The van der Waals surface area contributed by atoms with Crippen LogP contribution in [0.25, 0.3) is 6.08 Å². The van der Waals surface area contributed by atoms with Crippen LogP contribution in [0, 0.1) is 0 Å². The summed E-state index contributed by atoms with van der Waals surface area (Å²) in [5, 5.41) is 13.4. The number of aryl methyl sites for hydroxylation is 1. The van der Waals surface area contributed by atoms with Gasteiger partial charge in [0, 0.05) is 11.9 Å². The van der Waals surface area contributed by atoms with Gasteiger partial charge in [0.05, 0.1) is 11.3 Å². The topological polar surface area (TPSA) is 77.5 Å². The van der Waals surface area contributed by atoms with Gasteiger partial charge in [0.2, 0.25) is 0 Å². The molecule has 0 bridgehead atoms. The van der Waals surface area contributed by atoms with Crippen LogP contribution in [0.4, 0.5) is 0 Å². The van der Waals surface area contributed by atoms with Crippen LogP contribution in [0.5, 0.6) is 5.75 Å². The molecule has 1 amide bonds. The predicted octanol–water partition coefficient (Wildman–Crippen LogP) is 2.22. The van der Waals surface area contributed by atoms with E-state index in [0.29, 0.717) is 12.0 Å². The van der Waals surface area contributed by atoms with E-state index in [1.54, 1.807) is 18.2 Å². The highest BCUT2D eigenvalue weighted by atomic mass is 16.3. The summed E-state index contributed by atoms with van der Waals surface area (Å²) >= 11 is 0. The van der Waals surface area contributed by atoms with Gasteiger partial charge in [-0.1, -0.05) is 12.1 Å². The summed E-state index contributed by atoms with van der Waals surface area (Å²) in [6, 6.07) is 10.8. The number of carbonyl (C=O) groups excluding carboxylic acids is 1. The molecule has 106 valence electrons. The molecule has 1 aromatic carbocycles. The number of phenolic OH excluding ortho intramolecular Hbond substituents is 1. The van der Waals surface area contributed by atoms with E-state index in [0.717, 1.165) is 23.4 Å². The molecular formula is C16H15N3O2. The number of hydrogen-bond acceptors (Lipinski definition) is 3. The third kappa shape index (κ3) is 3.02. The van der Waals surface area contributed by atoms with Crippen molar-refractivity contribution in [3.8, 4) is 5.75 Å². The van der Waals surface area contributed by atoms with Crippen molar-refractivity contribution < 1.29 is 9.90 Å². The molecule has 5 nitrogen and oxygen atoms in total. The first-order chi connectivity index (χ1) is 10.2. The summed E-state index contributed by atoms with van der Waals surface area (Å²) in [4.78, 5) is 14.9. The molecule has 2 heterocycles. The van der Waals surface area contributed by atoms with Gasteiger partial charge in [-0.2, -0.15) is 5.10 Å². The highest BCUT2D eigenvalue weighted by molar-refractivity contribution is 6.27. The minimum atomic E-state index is -0.176. The molecule has 1 aromatic heterocycles. The highest BCUT2D eigenvalue weighted by Gasteiger charge is 2.22. The molecule has 5 heteroatoms. The number of nitrogens with one attached hydrogen (secondary N) is 2. The Morgan fingerprint density at radius 3 is 2.67 bits per heavy atom. The van der Waals surface area contributed by atoms with Gasteiger partial charge in [-0.05, 0) is 48.7 Å². The lowest BCUT2D eigenvalue weighted by molar-refractivity contribution is -0.116. The molecule has 3 rings (SSSR count). The summed E-state index contributed by atoms with van der Waals surface area (Å²) in [5.74, 6) is 0.0754. The first-order valence-electron chi connectivity index (χ1n) is 6.72. The molecule has 1 aliphatic heterocycles. The van der Waals surface area contributed by atoms with E-state index in [4.69, 9.17) is 0 Å². The lowest BCUT2D eigenvalue weighted by atomic mass is 10.0. The fourth-order valence-electron chi connectivity index (χ4n) is 2.22. The molecule has 0 unspecified atom stereocenters. The number of aromatic nitrogens is 1. The van der Waals surface area contributed by atoms with Crippen molar-refractivity contribution in [3.05, 3.63) is 59.4 Å². The van der Waals surface area contributed by atoms with Gasteiger partial charge in [-0.3, -0.25) is 4.79 Å². The summed E-state index contributed by atoms with van der Waals surface area (Å²) in [6.07, 6.45) is 5.04. The summed E-state index contributed by atoms with van der Waals surface area (Å²) in [5.41, 5.74) is 5.82. The number of nitrogens with zero attached hydrogens (tertiary/aromatic N) is 1. The second kappa shape index (κ2) is 5.66. The summed E-state index contributed by atoms with van der Waals surface area (Å²) in [7, 11) is 0. The molecule has 3 N–H and O–H groups in total. The van der Waals surface area contributed by atoms with Crippen LogP contribution in [0.3, 0.4) is 0 Å². The van der Waals surface area contributed by atoms with Gasteiger partial charge in [-0.25, -0.2) is 5.43 Å². The van der Waals surface area contributed by atoms with E-state index in [1.165, 1.54) is 0 Å². The average Bonchev–Trinajstić information content (AvgIpc) is 3.11. The summed E-state index contributed by atoms with van der Waals surface area (Å²) < 4.78 is 0. The Kier molecular flexibility index (Phi) is 3.55. The highest BCUT2D eigenvalue weighted by Crippen LogP contribution is 2.17. The number of aromatic hydroxyl groups is 1. The first-order valence-corrected chi connectivity index (χ1v) is 6.72. The average molecular weight is 281 g/mol. The minimum absolute atomic E-state index is 0.176. The smallest absolute Gasteiger partial charge is 0.273 e. The van der Waals surface area contributed by atoms with E-state index in [9.17, 15) is 9.90 Å². The quantitative estimate of drug-likeness (QED) is 0.751. The normalized spacial score (nSPS) is 16.1. The predicted molar refractivity (Wildman–Crippen MR) is 80.8 cm³/mol. The Bertz CT molecular complexity index is 698. The number of amides is 1. The molecule has 21 heavy (non-hydrogen) atoms. The molecule has 1 aliphatic rings. The number of hydrogen-bond donors (Lipinski definition) is 3. The SMILES string of the molecule is O=C1NN=C(CCc2ccc(O)cc2)C1=Cc1ccc[nH]1. The lowest BCUT2D eigenvalue weighted by Gasteiger charge is -2.02. The third-order valence-corrected chi connectivity index (χ3v) is 3.36. The molecule has 0 radical (unpaired) electrons. The minimum Gasteiger partial charge on any atom is -0.508 e.